The van der Waals surface area contributed by atoms with E-state index in [1.165, 1.54) is 53.2 Å². The molecule has 16 nitrogen and oxygen atoms in total. The molecule has 4 aliphatic rings. The third-order valence-corrected chi connectivity index (χ3v) is 11.9. The SMILES string of the molecule is CO[C@H]1/C=C/O[C@@]2(C)Oc3c(C)c(O)c4c(O)c(c(/C=N/N=C/N5CCCCC5)c(O)c4c3C2=O)NC(=O)/C(C)=C\C=C\[C@H](C)[C@H](O)[C@@H](C)[C@@H](O)[C@@H](C)[C@H](OC(C)=O)[C@@H]1C. The number of aliphatic hydroxyl groups excluding tert-OH is 2. The second-order valence-corrected chi connectivity index (χ2v) is 16.2. The van der Waals surface area contributed by atoms with Gasteiger partial charge >= 0.3 is 11.8 Å². The highest BCUT2D eigenvalue weighted by molar-refractivity contribution is 6.23. The molecule has 9 atom stereocenters. The van der Waals surface area contributed by atoms with Crippen molar-refractivity contribution in [3.63, 3.8) is 0 Å². The number of nitrogens with zero attached hydrogens (tertiary/aromatic N) is 3. The van der Waals surface area contributed by atoms with Crippen molar-refractivity contribution < 1.29 is 58.9 Å². The summed E-state index contributed by atoms with van der Waals surface area (Å²) in [6.45, 7) is 14.1. The number of Topliss-reactive ketones (excluding diaryl/α,β-unsaturated/α-hetero) is 1. The van der Waals surface area contributed by atoms with Crippen LogP contribution in [0.15, 0.2) is 46.3 Å². The number of anilines is 1. The number of amides is 1. The average molecular weight is 835 g/mol. The summed E-state index contributed by atoms with van der Waals surface area (Å²) in [7, 11) is 1.43. The van der Waals surface area contributed by atoms with Gasteiger partial charge in [0.2, 0.25) is 0 Å². The lowest BCUT2D eigenvalue weighted by Gasteiger charge is -2.38. The molecule has 0 unspecified atom stereocenters. The Morgan fingerprint density at radius 2 is 1.62 bits per heavy atom. The van der Waals surface area contributed by atoms with Crippen molar-refractivity contribution in [1.82, 2.24) is 4.90 Å². The molecule has 2 aromatic carbocycles. The number of phenols is 3. The lowest BCUT2D eigenvalue weighted by molar-refractivity contribution is -0.160. The number of allylic oxidation sites excluding steroid dienone is 2. The number of methoxy groups -OCH3 is 1. The molecule has 5 bridgehead atoms. The molecule has 0 radical (unpaired) electrons. The van der Waals surface area contributed by atoms with E-state index in [2.05, 4.69) is 15.5 Å². The molecule has 6 N–H and O–H groups in total. The molecule has 2 aromatic rings. The third kappa shape index (κ3) is 9.15. The molecule has 1 fully saturated rings. The number of carbonyl (C=O) groups is 3. The number of piperidine rings is 1. The van der Waals surface area contributed by atoms with Crippen LogP contribution in [0.3, 0.4) is 0 Å². The maximum atomic E-state index is 14.4. The summed E-state index contributed by atoms with van der Waals surface area (Å²) in [5.74, 6) is -8.56. The van der Waals surface area contributed by atoms with Gasteiger partial charge in [0, 0.05) is 74.2 Å². The van der Waals surface area contributed by atoms with Gasteiger partial charge in [-0.2, -0.15) is 5.10 Å². The van der Waals surface area contributed by atoms with Gasteiger partial charge in [-0.3, -0.25) is 14.4 Å². The number of aliphatic hydroxyl groups is 2. The standard InChI is InChI=1S/C44H58N4O12/c1-22-14-13-15-23(2)43(56)47-34-29(20-45-46-21-48-17-11-10-12-18-48)38(53)31-32(39(34)54)37(52)27(6)41-33(31)42(55)44(8,60-41)58-19-16-30(57-9)24(3)40(59-28(7)49)26(5)36(51)25(4)35(22)50/h13-16,19-22,24-26,30,35-36,40,50-54H,10-12,17-18H2,1-9H3,(H,47,56)/b14-13+,19-16+,23-15-,45-20+,46-21+/t22-,24+,25+,26+,30-,35-,36+,40+,44-/m0/s1. The minimum Gasteiger partial charge on any atom is -0.507 e. The fourth-order valence-electron chi connectivity index (χ4n) is 8.10. The van der Waals surface area contributed by atoms with E-state index in [1.807, 2.05) is 4.90 Å². The maximum absolute atomic E-state index is 14.4. The van der Waals surface area contributed by atoms with E-state index in [1.54, 1.807) is 46.2 Å². The van der Waals surface area contributed by atoms with Crippen molar-refractivity contribution >= 4 is 46.7 Å². The van der Waals surface area contributed by atoms with Crippen LogP contribution in [0.25, 0.3) is 10.8 Å². The molecule has 0 spiro atoms. The molecule has 0 aromatic heterocycles. The van der Waals surface area contributed by atoms with E-state index >= 15 is 0 Å². The van der Waals surface area contributed by atoms with Crippen LogP contribution in [0.2, 0.25) is 0 Å². The number of benzene rings is 2. The predicted octanol–water partition coefficient (Wildman–Crippen LogP) is 5.60. The first-order valence-electron chi connectivity index (χ1n) is 20.2. The summed E-state index contributed by atoms with van der Waals surface area (Å²) in [5.41, 5.74) is -0.544. The van der Waals surface area contributed by atoms with Crippen LogP contribution in [0.1, 0.15) is 89.2 Å². The van der Waals surface area contributed by atoms with Crippen LogP contribution in [0, 0.1) is 30.6 Å². The van der Waals surface area contributed by atoms with Crippen molar-refractivity contribution in [3.8, 4) is 23.0 Å². The van der Waals surface area contributed by atoms with Gasteiger partial charge < -0.3 is 54.7 Å². The molecule has 60 heavy (non-hydrogen) atoms. The van der Waals surface area contributed by atoms with Crippen LogP contribution >= 0.6 is 0 Å². The molecule has 4 aliphatic heterocycles. The minimum absolute atomic E-state index is 0.0408. The Hall–Kier alpha value is -5.45. The van der Waals surface area contributed by atoms with E-state index in [9.17, 15) is 39.9 Å². The van der Waals surface area contributed by atoms with Gasteiger partial charge in [0.1, 0.15) is 29.7 Å². The van der Waals surface area contributed by atoms with Crippen LogP contribution in [-0.4, -0.2) is 111 Å². The van der Waals surface area contributed by atoms with Gasteiger partial charge in [-0.1, -0.05) is 45.9 Å². The van der Waals surface area contributed by atoms with Crippen LogP contribution in [-0.2, 0) is 23.8 Å². The minimum atomic E-state index is -2.06. The molecule has 0 aliphatic carbocycles. The average Bonchev–Trinajstić information content (AvgIpc) is 3.48. The Kier molecular flexibility index (Phi) is 14.3. The fourth-order valence-corrected chi connectivity index (χ4v) is 8.10. The number of aromatic hydroxyl groups is 3. The van der Waals surface area contributed by atoms with E-state index in [-0.39, 0.29) is 44.5 Å². The fraction of sp³-hybridized carbons (Fsp3) is 0.523. The Morgan fingerprint density at radius 3 is 2.27 bits per heavy atom. The molecule has 16 heteroatoms. The van der Waals surface area contributed by atoms with Gasteiger partial charge in [0.25, 0.3) is 11.7 Å². The van der Waals surface area contributed by atoms with Gasteiger partial charge in [-0.05, 0) is 39.2 Å². The van der Waals surface area contributed by atoms with Crippen molar-refractivity contribution in [2.75, 3.05) is 25.5 Å². The normalized spacial score (nSPS) is 31.5. The molecular weight excluding hydrogens is 776 g/mol. The molecule has 6 rings (SSSR count). The zero-order chi connectivity index (χ0) is 44.2. The van der Waals surface area contributed by atoms with Crippen molar-refractivity contribution in [2.45, 2.75) is 105 Å². The molecule has 1 saturated heterocycles. The van der Waals surface area contributed by atoms with Gasteiger partial charge in [-0.25, -0.2) is 0 Å². The number of ether oxygens (including phenoxy) is 4. The van der Waals surface area contributed by atoms with Crippen LogP contribution in [0.4, 0.5) is 5.69 Å². The number of phenolic OH excluding ortho intramolecular Hbond substituents is 3. The highest BCUT2D eigenvalue weighted by Gasteiger charge is 2.50. The highest BCUT2D eigenvalue weighted by Crippen LogP contribution is 2.55. The topological polar surface area (TPSA) is 229 Å². The lowest BCUT2D eigenvalue weighted by atomic mass is 9.78. The number of hydrogen-bond acceptors (Lipinski definition) is 14. The van der Waals surface area contributed by atoms with Crippen LogP contribution < -0.4 is 10.1 Å². The predicted molar refractivity (Wildman–Crippen MR) is 225 cm³/mol. The van der Waals surface area contributed by atoms with Crippen molar-refractivity contribution in [1.29, 1.82) is 0 Å². The van der Waals surface area contributed by atoms with Gasteiger partial charge in [0.15, 0.2) is 5.75 Å². The summed E-state index contributed by atoms with van der Waals surface area (Å²) in [4.78, 5) is 42.4. The monoisotopic (exact) mass is 834 g/mol. The van der Waals surface area contributed by atoms with E-state index in [4.69, 9.17) is 18.9 Å². The number of ketones is 1. The summed E-state index contributed by atoms with van der Waals surface area (Å²) in [6, 6.07) is 0. The number of likely N-dealkylation sites (tertiary alicyclic amines) is 1. The summed E-state index contributed by atoms with van der Waals surface area (Å²) < 4.78 is 23.6. The Morgan fingerprint density at radius 1 is 0.933 bits per heavy atom. The number of nitrogens with one attached hydrogen (secondary N) is 1. The summed E-state index contributed by atoms with van der Waals surface area (Å²) in [6.07, 6.45) is 9.29. The Balaban J connectivity index is 1.69. The van der Waals surface area contributed by atoms with E-state index < -0.39 is 88.8 Å². The largest absolute Gasteiger partial charge is 0.507 e. The molecule has 1 amide bonds. The van der Waals surface area contributed by atoms with Gasteiger partial charge in [0.05, 0.1) is 53.0 Å². The Bertz CT molecular complexity index is 2120. The lowest BCUT2D eigenvalue weighted by Crippen LogP contribution is -2.46. The molecule has 326 valence electrons. The van der Waals surface area contributed by atoms with E-state index in [0.717, 1.165) is 38.6 Å². The highest BCUT2D eigenvalue weighted by atomic mass is 16.7. The first kappa shape index (κ1) is 45.6. The summed E-state index contributed by atoms with van der Waals surface area (Å²) in [5, 5.41) is 68.6. The zero-order valence-corrected chi connectivity index (χ0v) is 35.6. The molecule has 4 heterocycles. The number of rotatable bonds is 5. The molecule has 0 saturated carbocycles. The molecular formula is C44H58N4O12. The first-order valence-corrected chi connectivity index (χ1v) is 20.2. The zero-order valence-electron chi connectivity index (χ0n) is 35.6. The smallest absolute Gasteiger partial charge is 0.312 e. The second-order valence-electron chi connectivity index (χ2n) is 16.2. The summed E-state index contributed by atoms with van der Waals surface area (Å²) >= 11 is 0. The first-order chi connectivity index (χ1) is 28.3. The maximum Gasteiger partial charge on any atom is 0.312 e. The number of carbonyl (C=O) groups excluding carboxylic acids is 3. The second kappa shape index (κ2) is 18.9. The number of esters is 1. The van der Waals surface area contributed by atoms with Gasteiger partial charge in [-0.15, -0.1) is 5.10 Å². The number of fused-ring (bicyclic) bond motifs is 14. The number of hydrogen-bond donors (Lipinski definition) is 6. The van der Waals surface area contributed by atoms with Crippen LogP contribution in [0.5, 0.6) is 23.0 Å². The Labute approximate surface area is 349 Å². The third-order valence-electron chi connectivity index (χ3n) is 11.9. The van der Waals surface area contributed by atoms with Crippen molar-refractivity contribution in [3.05, 3.63) is 52.8 Å². The van der Waals surface area contributed by atoms with E-state index in [0.29, 0.717) is 0 Å². The quantitative estimate of drug-likeness (QED) is 0.0539. The van der Waals surface area contributed by atoms with Crippen molar-refractivity contribution in [2.24, 2.45) is 33.9 Å².